The molecule has 38 heavy (non-hydrogen) atoms. The maximum Gasteiger partial charge on any atom is 0.418 e. The van der Waals surface area contributed by atoms with E-state index in [0.717, 1.165) is 18.3 Å². The zero-order chi connectivity index (χ0) is 27.1. The van der Waals surface area contributed by atoms with Crippen molar-refractivity contribution in [1.82, 2.24) is 28.7 Å². The molecule has 0 aliphatic carbocycles. The molecular formula is C23H28ClF4N7O2S. The first kappa shape index (κ1) is 29.7. The van der Waals surface area contributed by atoms with E-state index < -0.39 is 38.2 Å². The Hall–Kier alpha value is -2.81. The van der Waals surface area contributed by atoms with E-state index in [1.807, 2.05) is 25.8 Å². The topological polar surface area (TPSA) is 96.2 Å². The Bertz CT molecular complexity index is 1410. The highest BCUT2D eigenvalue weighted by Gasteiger charge is 2.36. The lowest BCUT2D eigenvalue weighted by Gasteiger charge is -2.31. The van der Waals surface area contributed by atoms with E-state index in [9.17, 15) is 26.0 Å². The molecule has 0 atom stereocenters. The number of benzene rings is 1. The number of hydrogen-bond donors (Lipinski definition) is 1. The standard InChI is InChI=1S/C23H27F4N7O2S.ClH/c1-14(2)34-15(3)28-13-20(34)21-18(24)12-29-22(31-21)30-19-6-5-16(11-17(19)23(25,26)27)37(35,36)33-9-7-32(4)8-10-33;/h5-6,11-14H,7-10H2,1-4H3,(H,29,30,31);1H. The minimum Gasteiger partial charge on any atom is -0.324 e. The molecule has 1 fully saturated rings. The normalized spacial score (nSPS) is 15.5. The third kappa shape index (κ3) is 5.92. The van der Waals surface area contributed by atoms with Crippen molar-refractivity contribution in [3.05, 3.63) is 47.8 Å². The van der Waals surface area contributed by atoms with Crippen LogP contribution in [0, 0.1) is 12.7 Å². The third-order valence-electron chi connectivity index (χ3n) is 6.13. The van der Waals surface area contributed by atoms with E-state index in [4.69, 9.17) is 0 Å². The van der Waals surface area contributed by atoms with Crippen LogP contribution in [0.3, 0.4) is 0 Å². The summed E-state index contributed by atoms with van der Waals surface area (Å²) < 4.78 is 85.6. The number of aromatic nitrogens is 4. The Morgan fingerprint density at radius 2 is 1.71 bits per heavy atom. The van der Waals surface area contributed by atoms with Crippen molar-refractivity contribution >= 4 is 34.1 Å². The molecule has 3 heterocycles. The maximum atomic E-state index is 14.7. The van der Waals surface area contributed by atoms with Gasteiger partial charge in [0.25, 0.3) is 0 Å². The number of nitrogens with zero attached hydrogens (tertiary/aromatic N) is 6. The van der Waals surface area contributed by atoms with E-state index in [1.165, 1.54) is 10.5 Å². The summed E-state index contributed by atoms with van der Waals surface area (Å²) in [5.41, 5.74) is -1.45. The molecule has 0 unspecified atom stereocenters. The van der Waals surface area contributed by atoms with Crippen molar-refractivity contribution in [2.24, 2.45) is 0 Å². The number of rotatable bonds is 6. The van der Waals surface area contributed by atoms with Crippen molar-refractivity contribution in [2.75, 3.05) is 38.5 Å². The zero-order valence-electron chi connectivity index (χ0n) is 21.1. The molecule has 1 aromatic carbocycles. The number of alkyl halides is 3. The lowest BCUT2D eigenvalue weighted by molar-refractivity contribution is -0.137. The molecule has 1 N–H and O–H groups in total. The molecule has 4 rings (SSSR count). The second kappa shape index (κ2) is 11.1. The number of sulfonamides is 1. The molecule has 9 nitrogen and oxygen atoms in total. The van der Waals surface area contributed by atoms with Gasteiger partial charge in [0.1, 0.15) is 11.5 Å². The highest BCUT2D eigenvalue weighted by atomic mass is 35.5. The Morgan fingerprint density at radius 3 is 2.32 bits per heavy atom. The first-order valence-corrected chi connectivity index (χ1v) is 13.0. The second-order valence-electron chi connectivity index (χ2n) is 9.08. The van der Waals surface area contributed by atoms with Gasteiger partial charge in [0.05, 0.1) is 34.2 Å². The van der Waals surface area contributed by atoms with Crippen molar-refractivity contribution in [3.8, 4) is 11.4 Å². The number of likely N-dealkylation sites (N-methyl/N-ethyl adjacent to an activating group) is 1. The molecule has 15 heteroatoms. The van der Waals surface area contributed by atoms with Gasteiger partial charge in [-0.15, -0.1) is 12.4 Å². The summed E-state index contributed by atoms with van der Waals surface area (Å²) in [6.45, 7) is 6.81. The molecule has 0 spiro atoms. The zero-order valence-corrected chi connectivity index (χ0v) is 22.8. The summed E-state index contributed by atoms with van der Waals surface area (Å²) in [6.07, 6.45) is -2.59. The van der Waals surface area contributed by atoms with Crippen LogP contribution in [0.1, 0.15) is 31.3 Å². The number of anilines is 2. The van der Waals surface area contributed by atoms with Crippen LogP contribution in [0.25, 0.3) is 11.4 Å². The molecular weight excluding hydrogens is 550 g/mol. The lowest BCUT2D eigenvalue weighted by atomic mass is 10.1. The third-order valence-corrected chi connectivity index (χ3v) is 8.02. The second-order valence-corrected chi connectivity index (χ2v) is 11.0. The summed E-state index contributed by atoms with van der Waals surface area (Å²) in [5.74, 6) is -0.434. The number of imidazole rings is 1. The van der Waals surface area contributed by atoms with Crippen molar-refractivity contribution in [2.45, 2.75) is 37.9 Å². The average molecular weight is 578 g/mol. The Morgan fingerprint density at radius 1 is 1.05 bits per heavy atom. The molecule has 1 saturated heterocycles. The van der Waals surface area contributed by atoms with Gasteiger partial charge in [-0.25, -0.2) is 27.8 Å². The molecule has 208 valence electrons. The number of hydrogen-bond acceptors (Lipinski definition) is 7. The Labute approximate surface area is 224 Å². The summed E-state index contributed by atoms with van der Waals surface area (Å²) >= 11 is 0. The average Bonchev–Trinajstić information content (AvgIpc) is 3.21. The minimum absolute atomic E-state index is 0. The molecule has 3 aromatic rings. The summed E-state index contributed by atoms with van der Waals surface area (Å²) in [7, 11) is -2.29. The quantitative estimate of drug-likeness (QED) is 0.431. The van der Waals surface area contributed by atoms with E-state index >= 15 is 0 Å². The minimum atomic E-state index is -4.88. The van der Waals surface area contributed by atoms with Gasteiger partial charge in [0, 0.05) is 32.2 Å². The molecule has 0 bridgehead atoms. The fourth-order valence-electron chi connectivity index (χ4n) is 4.21. The van der Waals surface area contributed by atoms with Crippen molar-refractivity contribution in [1.29, 1.82) is 0 Å². The van der Waals surface area contributed by atoms with Crippen LogP contribution in [-0.4, -0.2) is 70.4 Å². The van der Waals surface area contributed by atoms with Crippen LogP contribution >= 0.6 is 12.4 Å². The fourth-order valence-corrected chi connectivity index (χ4v) is 5.66. The predicted octanol–water partition coefficient (Wildman–Crippen LogP) is 4.49. The summed E-state index contributed by atoms with van der Waals surface area (Å²) in [5, 5.41) is 2.48. The van der Waals surface area contributed by atoms with Gasteiger partial charge in [0.2, 0.25) is 16.0 Å². The SMILES string of the molecule is Cc1ncc(-c2nc(Nc3ccc(S(=O)(=O)N4CCN(C)CC4)cc3C(F)(F)F)ncc2F)n1C(C)C.Cl. The fraction of sp³-hybridized carbons (Fsp3) is 0.435. The highest BCUT2D eigenvalue weighted by Crippen LogP contribution is 2.38. The van der Waals surface area contributed by atoms with Crippen LogP contribution in [0.4, 0.5) is 29.2 Å². The largest absolute Gasteiger partial charge is 0.418 e. The molecule has 0 amide bonds. The summed E-state index contributed by atoms with van der Waals surface area (Å²) in [6, 6.07) is 2.64. The van der Waals surface area contributed by atoms with Crippen LogP contribution in [-0.2, 0) is 16.2 Å². The predicted molar refractivity (Wildman–Crippen MR) is 137 cm³/mol. The molecule has 1 aliphatic heterocycles. The van der Waals surface area contributed by atoms with Crippen LogP contribution in [0.5, 0.6) is 0 Å². The molecule has 2 aromatic heterocycles. The smallest absolute Gasteiger partial charge is 0.324 e. The number of nitrogens with one attached hydrogen (secondary N) is 1. The van der Waals surface area contributed by atoms with Crippen LogP contribution < -0.4 is 5.32 Å². The maximum absolute atomic E-state index is 14.7. The van der Waals surface area contributed by atoms with Gasteiger partial charge in [-0.1, -0.05) is 0 Å². The molecule has 1 aliphatic rings. The molecule has 0 saturated carbocycles. The van der Waals surface area contributed by atoms with Crippen LogP contribution in [0.2, 0.25) is 0 Å². The lowest BCUT2D eigenvalue weighted by Crippen LogP contribution is -2.47. The van der Waals surface area contributed by atoms with E-state index in [2.05, 4.69) is 20.3 Å². The Balaban J connectivity index is 0.00000400. The van der Waals surface area contributed by atoms with Crippen molar-refractivity contribution in [3.63, 3.8) is 0 Å². The van der Waals surface area contributed by atoms with E-state index in [-0.39, 0.29) is 43.2 Å². The number of aryl methyl sites for hydroxylation is 1. The Kier molecular flexibility index (Phi) is 8.71. The van der Waals surface area contributed by atoms with Gasteiger partial charge in [-0.3, -0.25) is 0 Å². The number of piperazine rings is 1. The van der Waals surface area contributed by atoms with Gasteiger partial charge >= 0.3 is 6.18 Å². The van der Waals surface area contributed by atoms with Gasteiger partial charge in [-0.2, -0.15) is 17.5 Å². The van der Waals surface area contributed by atoms with E-state index in [1.54, 1.807) is 11.5 Å². The highest BCUT2D eigenvalue weighted by molar-refractivity contribution is 7.89. The summed E-state index contributed by atoms with van der Waals surface area (Å²) in [4.78, 5) is 13.6. The van der Waals surface area contributed by atoms with Crippen molar-refractivity contribution < 1.29 is 26.0 Å². The first-order valence-electron chi connectivity index (χ1n) is 11.5. The van der Waals surface area contributed by atoms with E-state index in [0.29, 0.717) is 30.7 Å². The van der Waals surface area contributed by atoms with Gasteiger partial charge in [0.15, 0.2) is 5.82 Å². The number of halogens is 5. The van der Waals surface area contributed by atoms with Gasteiger partial charge in [-0.05, 0) is 46.0 Å². The first-order chi connectivity index (χ1) is 17.3. The van der Waals surface area contributed by atoms with Crippen LogP contribution in [0.15, 0.2) is 35.5 Å². The van der Waals surface area contributed by atoms with Gasteiger partial charge < -0.3 is 14.8 Å². The molecule has 0 radical (unpaired) electrons. The monoisotopic (exact) mass is 577 g/mol.